The highest BCUT2D eigenvalue weighted by Crippen LogP contribution is 2.29. The first-order valence-electron chi connectivity index (χ1n) is 5.47. The Kier molecular flexibility index (Phi) is 3.14. The standard InChI is InChI=1S/C13H14FN3O/c1-7-4-5-9(10(6-7)18-3)13-16-8(2)11(14)12(15)17-13/h4-6H,1-3H3,(H2,15,16,17). The number of methoxy groups -OCH3 is 1. The predicted molar refractivity (Wildman–Crippen MR) is 67.9 cm³/mol. The van der Waals surface area contributed by atoms with E-state index in [1.807, 2.05) is 25.1 Å². The van der Waals surface area contributed by atoms with E-state index in [0.717, 1.165) is 5.56 Å². The van der Waals surface area contributed by atoms with E-state index in [4.69, 9.17) is 10.5 Å². The van der Waals surface area contributed by atoms with Crippen LogP contribution in [0, 0.1) is 19.7 Å². The first-order valence-corrected chi connectivity index (χ1v) is 5.47. The summed E-state index contributed by atoms with van der Waals surface area (Å²) in [6.07, 6.45) is 0. The minimum Gasteiger partial charge on any atom is -0.496 e. The van der Waals surface area contributed by atoms with E-state index >= 15 is 0 Å². The molecule has 5 heteroatoms. The molecule has 18 heavy (non-hydrogen) atoms. The molecule has 0 aliphatic heterocycles. The van der Waals surface area contributed by atoms with E-state index in [0.29, 0.717) is 17.1 Å². The highest BCUT2D eigenvalue weighted by atomic mass is 19.1. The van der Waals surface area contributed by atoms with Crippen molar-refractivity contribution in [3.05, 3.63) is 35.3 Å². The molecular formula is C13H14FN3O. The Labute approximate surface area is 105 Å². The number of halogens is 1. The molecular weight excluding hydrogens is 233 g/mol. The third-order valence-electron chi connectivity index (χ3n) is 2.64. The van der Waals surface area contributed by atoms with Crippen LogP contribution in [0.25, 0.3) is 11.4 Å². The third kappa shape index (κ3) is 2.11. The number of nitrogen functional groups attached to an aromatic ring is 1. The smallest absolute Gasteiger partial charge is 0.186 e. The maximum atomic E-state index is 13.4. The van der Waals surface area contributed by atoms with E-state index in [1.165, 1.54) is 0 Å². The molecule has 0 unspecified atom stereocenters. The van der Waals surface area contributed by atoms with Crippen LogP contribution in [0.4, 0.5) is 10.2 Å². The Morgan fingerprint density at radius 3 is 2.56 bits per heavy atom. The average Bonchev–Trinajstić information content (AvgIpc) is 2.35. The first-order chi connectivity index (χ1) is 8.52. The number of hydrogen-bond acceptors (Lipinski definition) is 4. The van der Waals surface area contributed by atoms with Crippen LogP contribution in [0.2, 0.25) is 0 Å². The van der Waals surface area contributed by atoms with Gasteiger partial charge in [0.25, 0.3) is 0 Å². The van der Waals surface area contributed by atoms with Gasteiger partial charge in [-0.15, -0.1) is 0 Å². The SMILES string of the molecule is COc1cc(C)ccc1-c1nc(C)c(F)c(N)n1. The molecule has 0 radical (unpaired) electrons. The molecule has 4 nitrogen and oxygen atoms in total. The maximum absolute atomic E-state index is 13.4. The van der Waals surface area contributed by atoms with E-state index in [1.54, 1.807) is 14.0 Å². The Bertz CT molecular complexity index is 576. The van der Waals surface area contributed by atoms with Crippen molar-refractivity contribution in [3.8, 4) is 17.1 Å². The summed E-state index contributed by atoms with van der Waals surface area (Å²) in [5, 5.41) is 0. The van der Waals surface area contributed by atoms with Gasteiger partial charge in [0.2, 0.25) is 0 Å². The summed E-state index contributed by atoms with van der Waals surface area (Å²) < 4.78 is 18.7. The Morgan fingerprint density at radius 2 is 1.94 bits per heavy atom. The zero-order valence-electron chi connectivity index (χ0n) is 10.5. The second-order valence-corrected chi connectivity index (χ2v) is 4.04. The number of aryl methyl sites for hydroxylation is 2. The van der Waals surface area contributed by atoms with Gasteiger partial charge in [0.05, 0.1) is 18.4 Å². The number of hydrogen-bond donors (Lipinski definition) is 1. The van der Waals surface area contributed by atoms with Gasteiger partial charge in [-0.1, -0.05) is 6.07 Å². The Morgan fingerprint density at radius 1 is 1.22 bits per heavy atom. The molecule has 0 saturated carbocycles. The Balaban J connectivity index is 2.62. The summed E-state index contributed by atoms with van der Waals surface area (Å²) in [4.78, 5) is 8.05. The summed E-state index contributed by atoms with van der Waals surface area (Å²) in [6, 6.07) is 5.62. The van der Waals surface area contributed by atoms with Crippen molar-refractivity contribution in [1.82, 2.24) is 9.97 Å². The molecule has 2 aromatic rings. The molecule has 1 heterocycles. The lowest BCUT2D eigenvalue weighted by Gasteiger charge is -2.10. The fourth-order valence-corrected chi connectivity index (χ4v) is 1.69. The molecule has 0 atom stereocenters. The molecule has 0 fully saturated rings. The number of nitrogens with zero attached hydrogens (tertiary/aromatic N) is 2. The highest BCUT2D eigenvalue weighted by molar-refractivity contribution is 5.66. The van der Waals surface area contributed by atoms with E-state index in [2.05, 4.69) is 9.97 Å². The molecule has 0 aliphatic rings. The minimum absolute atomic E-state index is 0.153. The molecule has 0 bridgehead atoms. The van der Waals surface area contributed by atoms with Crippen molar-refractivity contribution in [2.45, 2.75) is 13.8 Å². The van der Waals surface area contributed by atoms with Gasteiger partial charge < -0.3 is 10.5 Å². The first kappa shape index (κ1) is 12.3. The van der Waals surface area contributed by atoms with Crippen LogP contribution >= 0.6 is 0 Å². The van der Waals surface area contributed by atoms with Crippen LogP contribution in [-0.4, -0.2) is 17.1 Å². The number of anilines is 1. The normalized spacial score (nSPS) is 10.4. The molecule has 94 valence electrons. The lowest BCUT2D eigenvalue weighted by Crippen LogP contribution is -2.03. The molecule has 0 amide bonds. The molecule has 1 aromatic carbocycles. The van der Waals surface area contributed by atoms with Gasteiger partial charge in [-0.2, -0.15) is 0 Å². The van der Waals surface area contributed by atoms with Gasteiger partial charge in [0.1, 0.15) is 5.75 Å². The van der Waals surface area contributed by atoms with Gasteiger partial charge in [-0.05, 0) is 31.5 Å². The van der Waals surface area contributed by atoms with Crippen LogP contribution in [0.15, 0.2) is 18.2 Å². The van der Waals surface area contributed by atoms with Crippen LogP contribution in [0.1, 0.15) is 11.3 Å². The van der Waals surface area contributed by atoms with Gasteiger partial charge in [-0.25, -0.2) is 14.4 Å². The number of rotatable bonds is 2. The summed E-state index contributed by atoms with van der Waals surface area (Å²) >= 11 is 0. The predicted octanol–water partition coefficient (Wildman–Crippen LogP) is 2.49. The molecule has 1 aromatic heterocycles. The van der Waals surface area contributed by atoms with Crippen molar-refractivity contribution < 1.29 is 9.13 Å². The van der Waals surface area contributed by atoms with Crippen molar-refractivity contribution >= 4 is 5.82 Å². The molecule has 0 saturated heterocycles. The Hall–Kier alpha value is -2.17. The van der Waals surface area contributed by atoms with Gasteiger partial charge >= 0.3 is 0 Å². The van der Waals surface area contributed by atoms with Crippen molar-refractivity contribution in [1.29, 1.82) is 0 Å². The van der Waals surface area contributed by atoms with Crippen molar-refractivity contribution in [2.75, 3.05) is 12.8 Å². The topological polar surface area (TPSA) is 61.0 Å². The fourth-order valence-electron chi connectivity index (χ4n) is 1.69. The number of benzene rings is 1. The van der Waals surface area contributed by atoms with E-state index in [9.17, 15) is 4.39 Å². The second-order valence-electron chi connectivity index (χ2n) is 4.04. The van der Waals surface area contributed by atoms with Crippen LogP contribution in [-0.2, 0) is 0 Å². The average molecular weight is 247 g/mol. The van der Waals surface area contributed by atoms with Gasteiger partial charge in [0.15, 0.2) is 17.5 Å². The van der Waals surface area contributed by atoms with Gasteiger partial charge in [-0.3, -0.25) is 0 Å². The van der Waals surface area contributed by atoms with E-state index < -0.39 is 5.82 Å². The number of ether oxygens (including phenoxy) is 1. The second kappa shape index (κ2) is 4.60. The lowest BCUT2D eigenvalue weighted by atomic mass is 10.1. The van der Waals surface area contributed by atoms with Crippen LogP contribution in [0.3, 0.4) is 0 Å². The molecule has 0 spiro atoms. The molecule has 2 N–H and O–H groups in total. The van der Waals surface area contributed by atoms with E-state index in [-0.39, 0.29) is 11.5 Å². The zero-order chi connectivity index (χ0) is 13.3. The van der Waals surface area contributed by atoms with Gasteiger partial charge in [0, 0.05) is 0 Å². The fraction of sp³-hybridized carbons (Fsp3) is 0.231. The van der Waals surface area contributed by atoms with Crippen molar-refractivity contribution in [3.63, 3.8) is 0 Å². The van der Waals surface area contributed by atoms with Crippen molar-refractivity contribution in [2.24, 2.45) is 0 Å². The number of aromatic nitrogens is 2. The van der Waals surface area contributed by atoms with Crippen LogP contribution in [0.5, 0.6) is 5.75 Å². The summed E-state index contributed by atoms with van der Waals surface area (Å²) in [6.45, 7) is 3.51. The summed E-state index contributed by atoms with van der Waals surface area (Å²) in [5.74, 6) is 0.272. The minimum atomic E-state index is -0.579. The largest absolute Gasteiger partial charge is 0.496 e. The van der Waals surface area contributed by atoms with Crippen LogP contribution < -0.4 is 10.5 Å². The molecule has 0 aliphatic carbocycles. The summed E-state index contributed by atoms with van der Waals surface area (Å²) in [7, 11) is 1.57. The molecule has 2 rings (SSSR count). The zero-order valence-corrected chi connectivity index (χ0v) is 10.5. The maximum Gasteiger partial charge on any atom is 0.186 e. The monoisotopic (exact) mass is 247 g/mol. The quantitative estimate of drug-likeness (QED) is 0.885. The highest BCUT2D eigenvalue weighted by Gasteiger charge is 2.13. The third-order valence-corrected chi connectivity index (χ3v) is 2.64. The lowest BCUT2D eigenvalue weighted by molar-refractivity contribution is 0.416. The number of nitrogens with two attached hydrogens (primary N) is 1. The summed E-state index contributed by atoms with van der Waals surface area (Å²) in [5.41, 5.74) is 7.49.